The molecule has 1 aliphatic rings. The van der Waals surface area contributed by atoms with Crippen LogP contribution in [0.25, 0.3) is 0 Å². The fourth-order valence-corrected chi connectivity index (χ4v) is 1.49. The standard InChI is InChI=1S/C8H17NO2/c1-2-11-8-3-7(6-10)4-9-5-8/h7-10H,2-6H2,1H3/t7-,8-/m1/s1. The second-order valence-corrected chi connectivity index (χ2v) is 3.02. The number of aliphatic hydroxyl groups is 1. The third kappa shape index (κ3) is 2.77. The summed E-state index contributed by atoms with van der Waals surface area (Å²) in [5, 5.41) is 12.1. The van der Waals surface area contributed by atoms with Crippen molar-refractivity contribution >= 4 is 0 Å². The van der Waals surface area contributed by atoms with Gasteiger partial charge in [-0.2, -0.15) is 0 Å². The second-order valence-electron chi connectivity index (χ2n) is 3.02. The van der Waals surface area contributed by atoms with E-state index in [1.54, 1.807) is 0 Å². The summed E-state index contributed by atoms with van der Waals surface area (Å²) in [5.74, 6) is 0.389. The van der Waals surface area contributed by atoms with E-state index in [0.29, 0.717) is 12.0 Å². The number of hydrogen-bond donors (Lipinski definition) is 2. The minimum atomic E-state index is 0.274. The molecule has 0 amide bonds. The van der Waals surface area contributed by atoms with Gasteiger partial charge in [0.15, 0.2) is 0 Å². The van der Waals surface area contributed by atoms with Gasteiger partial charge in [-0.3, -0.25) is 0 Å². The molecule has 0 spiro atoms. The van der Waals surface area contributed by atoms with Crippen molar-refractivity contribution < 1.29 is 9.84 Å². The Labute approximate surface area is 67.7 Å². The van der Waals surface area contributed by atoms with Gasteiger partial charge in [0.05, 0.1) is 6.10 Å². The first-order valence-corrected chi connectivity index (χ1v) is 4.30. The first kappa shape index (κ1) is 8.97. The topological polar surface area (TPSA) is 41.5 Å². The van der Waals surface area contributed by atoms with Crippen molar-refractivity contribution in [3.63, 3.8) is 0 Å². The highest BCUT2D eigenvalue weighted by Gasteiger charge is 2.20. The van der Waals surface area contributed by atoms with Crippen LogP contribution in [-0.2, 0) is 4.74 Å². The molecule has 1 heterocycles. The Morgan fingerprint density at radius 3 is 3.00 bits per heavy atom. The molecule has 1 aliphatic heterocycles. The van der Waals surface area contributed by atoms with Crippen LogP contribution in [0, 0.1) is 5.92 Å². The van der Waals surface area contributed by atoms with Gasteiger partial charge in [-0.25, -0.2) is 0 Å². The minimum absolute atomic E-state index is 0.274. The van der Waals surface area contributed by atoms with Gasteiger partial charge in [0, 0.05) is 26.3 Å². The summed E-state index contributed by atoms with van der Waals surface area (Å²) in [6.45, 7) is 4.91. The highest BCUT2D eigenvalue weighted by molar-refractivity contribution is 4.75. The lowest BCUT2D eigenvalue weighted by atomic mass is 9.98. The zero-order valence-corrected chi connectivity index (χ0v) is 7.05. The quantitative estimate of drug-likeness (QED) is 0.608. The first-order chi connectivity index (χ1) is 5.36. The van der Waals surface area contributed by atoms with Crippen LogP contribution < -0.4 is 5.32 Å². The molecule has 2 atom stereocenters. The first-order valence-electron chi connectivity index (χ1n) is 4.30. The molecule has 0 bridgehead atoms. The third-order valence-corrected chi connectivity index (χ3v) is 2.06. The maximum absolute atomic E-state index is 8.88. The van der Waals surface area contributed by atoms with Crippen LogP contribution in [0.5, 0.6) is 0 Å². The van der Waals surface area contributed by atoms with Crippen LogP contribution in [0.4, 0.5) is 0 Å². The van der Waals surface area contributed by atoms with Gasteiger partial charge in [0.2, 0.25) is 0 Å². The summed E-state index contributed by atoms with van der Waals surface area (Å²) in [7, 11) is 0. The Bertz CT molecular complexity index is 106. The minimum Gasteiger partial charge on any atom is -0.396 e. The Hall–Kier alpha value is -0.120. The van der Waals surface area contributed by atoms with E-state index in [1.807, 2.05) is 6.92 Å². The Balaban J connectivity index is 2.21. The maximum atomic E-state index is 8.88. The lowest BCUT2D eigenvalue weighted by Crippen LogP contribution is -2.41. The van der Waals surface area contributed by atoms with Crippen LogP contribution in [0.2, 0.25) is 0 Å². The molecule has 3 nitrogen and oxygen atoms in total. The molecule has 3 heteroatoms. The SMILES string of the molecule is CCO[C@H]1CNC[C@H](CO)C1. The van der Waals surface area contributed by atoms with E-state index in [2.05, 4.69) is 5.32 Å². The lowest BCUT2D eigenvalue weighted by Gasteiger charge is -2.28. The van der Waals surface area contributed by atoms with Crippen LogP contribution in [-0.4, -0.2) is 37.5 Å². The number of piperidine rings is 1. The van der Waals surface area contributed by atoms with Gasteiger partial charge in [0.25, 0.3) is 0 Å². The molecule has 1 rings (SSSR count). The third-order valence-electron chi connectivity index (χ3n) is 2.06. The molecule has 0 unspecified atom stereocenters. The van der Waals surface area contributed by atoms with Gasteiger partial charge in [0.1, 0.15) is 0 Å². The predicted octanol–water partition coefficient (Wildman–Crippen LogP) is -0.00670. The van der Waals surface area contributed by atoms with Gasteiger partial charge in [-0.05, 0) is 19.3 Å². The zero-order chi connectivity index (χ0) is 8.10. The Morgan fingerprint density at radius 1 is 1.55 bits per heavy atom. The number of rotatable bonds is 3. The molecule has 0 saturated carbocycles. The van der Waals surface area contributed by atoms with Crippen LogP contribution in [0.1, 0.15) is 13.3 Å². The summed E-state index contributed by atoms with van der Waals surface area (Å²) in [6, 6.07) is 0. The largest absolute Gasteiger partial charge is 0.396 e. The molecular formula is C8H17NO2. The van der Waals surface area contributed by atoms with Crippen LogP contribution >= 0.6 is 0 Å². The van der Waals surface area contributed by atoms with Crippen molar-refractivity contribution in [1.29, 1.82) is 0 Å². The number of ether oxygens (including phenoxy) is 1. The van der Waals surface area contributed by atoms with E-state index < -0.39 is 0 Å². The number of aliphatic hydroxyl groups excluding tert-OH is 1. The summed E-state index contributed by atoms with van der Waals surface area (Å²) in [4.78, 5) is 0. The van der Waals surface area contributed by atoms with E-state index in [1.165, 1.54) is 0 Å². The highest BCUT2D eigenvalue weighted by atomic mass is 16.5. The van der Waals surface area contributed by atoms with E-state index in [9.17, 15) is 0 Å². The summed E-state index contributed by atoms with van der Waals surface area (Å²) in [6.07, 6.45) is 1.31. The molecule has 2 N–H and O–H groups in total. The molecular weight excluding hydrogens is 142 g/mol. The molecule has 1 saturated heterocycles. The average Bonchev–Trinajstić information content (AvgIpc) is 2.06. The molecule has 11 heavy (non-hydrogen) atoms. The van der Waals surface area contributed by atoms with Gasteiger partial charge < -0.3 is 15.2 Å². The maximum Gasteiger partial charge on any atom is 0.0703 e. The molecule has 66 valence electrons. The van der Waals surface area contributed by atoms with Crippen LogP contribution in [0.3, 0.4) is 0 Å². The average molecular weight is 159 g/mol. The van der Waals surface area contributed by atoms with Crippen molar-refractivity contribution in [2.24, 2.45) is 5.92 Å². The van der Waals surface area contributed by atoms with Crippen molar-refractivity contribution in [3.8, 4) is 0 Å². The van der Waals surface area contributed by atoms with Gasteiger partial charge in [-0.15, -0.1) is 0 Å². The Kier molecular flexibility index (Phi) is 3.83. The fourth-order valence-electron chi connectivity index (χ4n) is 1.49. The smallest absolute Gasteiger partial charge is 0.0703 e. The molecule has 0 aliphatic carbocycles. The Morgan fingerprint density at radius 2 is 2.36 bits per heavy atom. The predicted molar refractivity (Wildman–Crippen MR) is 43.5 cm³/mol. The summed E-state index contributed by atoms with van der Waals surface area (Å²) < 4.78 is 5.44. The molecule has 0 aromatic heterocycles. The zero-order valence-electron chi connectivity index (χ0n) is 7.05. The van der Waals surface area contributed by atoms with E-state index in [0.717, 1.165) is 26.1 Å². The van der Waals surface area contributed by atoms with Crippen molar-refractivity contribution in [1.82, 2.24) is 5.32 Å². The van der Waals surface area contributed by atoms with E-state index in [-0.39, 0.29) is 6.61 Å². The number of hydrogen-bond acceptors (Lipinski definition) is 3. The van der Waals surface area contributed by atoms with Crippen molar-refractivity contribution in [2.45, 2.75) is 19.4 Å². The number of nitrogens with one attached hydrogen (secondary N) is 1. The van der Waals surface area contributed by atoms with Crippen molar-refractivity contribution in [3.05, 3.63) is 0 Å². The van der Waals surface area contributed by atoms with Gasteiger partial charge >= 0.3 is 0 Å². The highest BCUT2D eigenvalue weighted by Crippen LogP contribution is 2.12. The second kappa shape index (κ2) is 4.70. The summed E-state index contributed by atoms with van der Waals surface area (Å²) >= 11 is 0. The van der Waals surface area contributed by atoms with Gasteiger partial charge in [-0.1, -0.05) is 0 Å². The molecule has 1 fully saturated rings. The lowest BCUT2D eigenvalue weighted by molar-refractivity contribution is 0.0199. The molecule has 0 aromatic carbocycles. The van der Waals surface area contributed by atoms with E-state index >= 15 is 0 Å². The van der Waals surface area contributed by atoms with Crippen LogP contribution in [0.15, 0.2) is 0 Å². The van der Waals surface area contributed by atoms with Crippen molar-refractivity contribution in [2.75, 3.05) is 26.3 Å². The molecule has 0 aromatic rings. The fraction of sp³-hybridized carbons (Fsp3) is 1.00. The monoisotopic (exact) mass is 159 g/mol. The summed E-state index contributed by atoms with van der Waals surface area (Å²) in [5.41, 5.74) is 0. The normalized spacial score (nSPS) is 32.2. The van der Waals surface area contributed by atoms with E-state index in [4.69, 9.17) is 9.84 Å². The molecule has 0 radical (unpaired) electrons.